The Labute approximate surface area is 84.5 Å². The molecule has 0 radical (unpaired) electrons. The fourth-order valence-corrected chi connectivity index (χ4v) is 2.23. The molecule has 1 aliphatic carbocycles. The minimum absolute atomic E-state index is 0.116. The van der Waals surface area contributed by atoms with Crippen molar-refractivity contribution >= 4 is 11.8 Å². The summed E-state index contributed by atoms with van der Waals surface area (Å²) in [6.45, 7) is 5.37. The Morgan fingerprint density at radius 2 is 1.57 bits per heavy atom. The maximum atomic E-state index is 12.0. The summed E-state index contributed by atoms with van der Waals surface area (Å²) in [4.78, 5) is 23.2. The first-order valence-electron chi connectivity index (χ1n) is 5.09. The second kappa shape index (κ2) is 3.37. The molecule has 0 aromatic carbocycles. The van der Waals surface area contributed by atoms with Crippen molar-refractivity contribution in [1.82, 2.24) is 0 Å². The van der Waals surface area contributed by atoms with Gasteiger partial charge >= 0.3 is 5.97 Å². The predicted molar refractivity (Wildman–Crippen MR) is 53.0 cm³/mol. The summed E-state index contributed by atoms with van der Waals surface area (Å²) in [6, 6.07) is 0. The quantitative estimate of drug-likeness (QED) is 0.692. The van der Waals surface area contributed by atoms with Gasteiger partial charge in [0.2, 0.25) is 0 Å². The van der Waals surface area contributed by atoms with Gasteiger partial charge in [0, 0.05) is 5.41 Å². The molecule has 0 spiro atoms. The van der Waals surface area contributed by atoms with Crippen LogP contribution in [0.1, 0.15) is 46.5 Å². The minimum Gasteiger partial charge on any atom is -0.480 e. The first-order valence-corrected chi connectivity index (χ1v) is 5.09. The number of carboxylic acids is 1. The fourth-order valence-electron chi connectivity index (χ4n) is 2.23. The van der Waals surface area contributed by atoms with E-state index in [1.54, 1.807) is 20.8 Å². The standard InChI is InChI=1S/C11H18O3/c1-10(2,3)8(12)11(9(13)14)6-4-5-7-11/h4-7H2,1-3H3,(H,13,14). The van der Waals surface area contributed by atoms with E-state index in [1.165, 1.54) is 0 Å². The number of carboxylic acid groups (broad SMARTS) is 1. The molecule has 1 N–H and O–H groups in total. The lowest BCUT2D eigenvalue weighted by atomic mass is 9.71. The second-order valence-electron chi connectivity index (χ2n) is 5.17. The summed E-state index contributed by atoms with van der Waals surface area (Å²) in [7, 11) is 0. The molecule has 0 saturated heterocycles. The number of Topliss-reactive ketones (excluding diaryl/α,β-unsaturated/α-hetero) is 1. The SMILES string of the molecule is CC(C)(C)C(=O)C1(C(=O)O)CCCC1. The monoisotopic (exact) mass is 198 g/mol. The second-order valence-corrected chi connectivity index (χ2v) is 5.17. The van der Waals surface area contributed by atoms with Gasteiger partial charge in [0.25, 0.3) is 0 Å². The van der Waals surface area contributed by atoms with Crippen LogP contribution in [-0.2, 0) is 9.59 Å². The number of aliphatic carboxylic acids is 1. The highest BCUT2D eigenvalue weighted by atomic mass is 16.4. The summed E-state index contributed by atoms with van der Waals surface area (Å²) in [5.41, 5.74) is -1.64. The highest BCUT2D eigenvalue weighted by molar-refractivity contribution is 6.05. The lowest BCUT2D eigenvalue weighted by Gasteiger charge is -2.29. The first-order chi connectivity index (χ1) is 6.31. The van der Waals surface area contributed by atoms with Gasteiger partial charge in [-0.25, -0.2) is 0 Å². The molecule has 3 heteroatoms. The summed E-state index contributed by atoms with van der Waals surface area (Å²) in [6.07, 6.45) is 2.74. The molecule has 0 aliphatic heterocycles. The third-order valence-corrected chi connectivity index (χ3v) is 2.98. The van der Waals surface area contributed by atoms with Crippen molar-refractivity contribution in [3.8, 4) is 0 Å². The molecule has 0 amide bonds. The van der Waals surface area contributed by atoms with Crippen molar-refractivity contribution in [3.05, 3.63) is 0 Å². The molecular weight excluding hydrogens is 180 g/mol. The molecule has 1 aliphatic rings. The molecule has 0 heterocycles. The first kappa shape index (κ1) is 11.2. The minimum atomic E-state index is -1.09. The predicted octanol–water partition coefficient (Wildman–Crippen LogP) is 2.25. The average molecular weight is 198 g/mol. The van der Waals surface area contributed by atoms with Gasteiger partial charge in [-0.2, -0.15) is 0 Å². The van der Waals surface area contributed by atoms with E-state index in [0.717, 1.165) is 12.8 Å². The molecule has 1 fully saturated rings. The van der Waals surface area contributed by atoms with Crippen molar-refractivity contribution in [2.45, 2.75) is 46.5 Å². The largest absolute Gasteiger partial charge is 0.480 e. The molecule has 3 nitrogen and oxygen atoms in total. The van der Waals surface area contributed by atoms with Gasteiger partial charge in [-0.3, -0.25) is 9.59 Å². The normalized spacial score (nSPS) is 20.8. The lowest BCUT2D eigenvalue weighted by Crippen LogP contribution is -2.43. The Kier molecular flexibility index (Phi) is 2.70. The zero-order valence-electron chi connectivity index (χ0n) is 9.09. The van der Waals surface area contributed by atoms with Crippen LogP contribution in [0.4, 0.5) is 0 Å². The molecule has 80 valence electrons. The van der Waals surface area contributed by atoms with Crippen LogP contribution >= 0.6 is 0 Å². The van der Waals surface area contributed by atoms with Crippen molar-refractivity contribution in [3.63, 3.8) is 0 Å². The van der Waals surface area contributed by atoms with E-state index in [9.17, 15) is 14.7 Å². The fraction of sp³-hybridized carbons (Fsp3) is 0.818. The van der Waals surface area contributed by atoms with Crippen molar-refractivity contribution in [1.29, 1.82) is 0 Å². The van der Waals surface area contributed by atoms with Crippen LogP contribution in [0.2, 0.25) is 0 Å². The molecule has 0 aromatic rings. The van der Waals surface area contributed by atoms with E-state index in [-0.39, 0.29) is 5.78 Å². The summed E-state index contributed by atoms with van der Waals surface area (Å²) in [5, 5.41) is 9.18. The van der Waals surface area contributed by atoms with Crippen molar-refractivity contribution < 1.29 is 14.7 Å². The van der Waals surface area contributed by atoms with E-state index in [2.05, 4.69) is 0 Å². The maximum Gasteiger partial charge on any atom is 0.317 e. The molecular formula is C11H18O3. The van der Waals surface area contributed by atoms with Gasteiger partial charge in [0.1, 0.15) is 5.41 Å². The Bertz CT molecular complexity index is 254. The summed E-state index contributed by atoms with van der Waals surface area (Å²) < 4.78 is 0. The molecule has 14 heavy (non-hydrogen) atoms. The zero-order chi connectivity index (χ0) is 11.0. The van der Waals surface area contributed by atoms with E-state index in [0.29, 0.717) is 12.8 Å². The van der Waals surface area contributed by atoms with Crippen LogP contribution in [0.3, 0.4) is 0 Å². The average Bonchev–Trinajstić information content (AvgIpc) is 2.50. The molecule has 0 atom stereocenters. The van der Waals surface area contributed by atoms with Crippen LogP contribution in [-0.4, -0.2) is 16.9 Å². The number of ketones is 1. The van der Waals surface area contributed by atoms with Gasteiger partial charge in [0.05, 0.1) is 0 Å². The molecule has 0 unspecified atom stereocenters. The molecule has 1 rings (SSSR count). The Morgan fingerprint density at radius 3 is 1.86 bits per heavy atom. The summed E-state index contributed by atoms with van der Waals surface area (Å²) >= 11 is 0. The summed E-state index contributed by atoms with van der Waals surface area (Å²) in [5.74, 6) is -1.05. The van der Waals surface area contributed by atoms with Crippen LogP contribution in [0.15, 0.2) is 0 Å². The van der Waals surface area contributed by atoms with Gasteiger partial charge in [-0.1, -0.05) is 33.6 Å². The lowest BCUT2D eigenvalue weighted by molar-refractivity contribution is -0.157. The van der Waals surface area contributed by atoms with Gasteiger partial charge in [-0.15, -0.1) is 0 Å². The highest BCUT2D eigenvalue weighted by Gasteiger charge is 2.51. The Hall–Kier alpha value is -0.860. The molecule has 0 aromatic heterocycles. The maximum absolute atomic E-state index is 12.0. The van der Waals surface area contributed by atoms with Gasteiger partial charge < -0.3 is 5.11 Å². The highest BCUT2D eigenvalue weighted by Crippen LogP contribution is 2.43. The van der Waals surface area contributed by atoms with E-state index >= 15 is 0 Å². The van der Waals surface area contributed by atoms with E-state index in [4.69, 9.17) is 0 Å². The number of carbonyl (C=O) groups is 2. The van der Waals surface area contributed by atoms with Crippen molar-refractivity contribution in [2.24, 2.45) is 10.8 Å². The third-order valence-electron chi connectivity index (χ3n) is 2.98. The van der Waals surface area contributed by atoms with Crippen LogP contribution < -0.4 is 0 Å². The van der Waals surface area contributed by atoms with Crippen molar-refractivity contribution in [2.75, 3.05) is 0 Å². The Morgan fingerprint density at radius 1 is 1.14 bits per heavy atom. The van der Waals surface area contributed by atoms with E-state index < -0.39 is 16.8 Å². The van der Waals surface area contributed by atoms with Gasteiger partial charge in [0.15, 0.2) is 5.78 Å². The number of carbonyl (C=O) groups excluding carboxylic acids is 1. The Balaban J connectivity index is 3.01. The number of hydrogen-bond donors (Lipinski definition) is 1. The number of rotatable bonds is 2. The smallest absolute Gasteiger partial charge is 0.317 e. The van der Waals surface area contributed by atoms with Crippen LogP contribution in [0.5, 0.6) is 0 Å². The van der Waals surface area contributed by atoms with Gasteiger partial charge in [-0.05, 0) is 12.8 Å². The topological polar surface area (TPSA) is 54.4 Å². The van der Waals surface area contributed by atoms with E-state index in [1.807, 2.05) is 0 Å². The van der Waals surface area contributed by atoms with Crippen LogP contribution in [0, 0.1) is 10.8 Å². The molecule has 0 bridgehead atoms. The zero-order valence-corrected chi connectivity index (χ0v) is 9.09. The number of hydrogen-bond acceptors (Lipinski definition) is 2. The third kappa shape index (κ3) is 1.68. The molecule has 1 saturated carbocycles. The van der Waals surface area contributed by atoms with Crippen LogP contribution in [0.25, 0.3) is 0 Å².